The van der Waals surface area contributed by atoms with Crippen molar-refractivity contribution < 1.29 is 9.90 Å². The quantitative estimate of drug-likeness (QED) is 0.327. The predicted octanol–water partition coefficient (Wildman–Crippen LogP) is 6.83. The van der Waals surface area contributed by atoms with Crippen molar-refractivity contribution in [2.24, 2.45) is 0 Å². The first-order chi connectivity index (χ1) is 14.7. The Balaban J connectivity index is 0.00000272. The van der Waals surface area contributed by atoms with Crippen molar-refractivity contribution in [1.29, 1.82) is 0 Å². The second-order valence-electron chi connectivity index (χ2n) is 8.27. The lowest BCUT2D eigenvalue weighted by molar-refractivity contribution is -0.137. The fourth-order valence-corrected chi connectivity index (χ4v) is 5.52. The Morgan fingerprint density at radius 2 is 1.97 bits per heavy atom. The number of carbonyl (C=O) groups is 1. The summed E-state index contributed by atoms with van der Waals surface area (Å²) in [6.45, 7) is 1.03. The third kappa shape index (κ3) is 6.44. The van der Waals surface area contributed by atoms with Crippen LogP contribution in [0.3, 0.4) is 0 Å². The molecule has 31 heavy (non-hydrogen) atoms. The minimum atomic E-state index is -0.704. The molecule has 4 nitrogen and oxygen atoms in total. The van der Waals surface area contributed by atoms with Crippen LogP contribution in [0.2, 0.25) is 0 Å². The summed E-state index contributed by atoms with van der Waals surface area (Å²) in [5.74, 6) is 0.497. The standard InChI is InChI=1S/C25H30N2O2S.ClH/c28-24(29)17-20(23-16-19-9-5-6-12-22(19)30-23)8-3-1-2-4-11-21-14-13-18-10-7-15-26-25(18)27-21;/h5-6,9,12-14,16,20H,1-4,7-8,10-11,15,17H2,(H,26,27)(H,28,29);1H. The maximum absolute atomic E-state index is 11.4. The van der Waals surface area contributed by atoms with Crippen LogP contribution >= 0.6 is 23.7 Å². The first-order valence-electron chi connectivity index (χ1n) is 11.1. The van der Waals surface area contributed by atoms with E-state index in [0.29, 0.717) is 0 Å². The predicted molar refractivity (Wildman–Crippen MR) is 132 cm³/mol. The summed E-state index contributed by atoms with van der Waals surface area (Å²) in [6.07, 6.45) is 9.03. The molecule has 1 atom stereocenters. The Morgan fingerprint density at radius 1 is 1.13 bits per heavy atom. The molecule has 0 amide bonds. The van der Waals surface area contributed by atoms with Crippen LogP contribution in [0.1, 0.15) is 67.0 Å². The average Bonchev–Trinajstić information content (AvgIpc) is 3.19. The summed E-state index contributed by atoms with van der Waals surface area (Å²) >= 11 is 1.75. The minimum absolute atomic E-state index is 0. The van der Waals surface area contributed by atoms with Crippen molar-refractivity contribution >= 4 is 45.6 Å². The molecule has 0 bridgehead atoms. The number of pyridine rings is 1. The largest absolute Gasteiger partial charge is 0.481 e. The lowest BCUT2D eigenvalue weighted by Crippen LogP contribution is -2.13. The molecule has 0 fully saturated rings. The Hall–Kier alpha value is -2.11. The van der Waals surface area contributed by atoms with Crippen molar-refractivity contribution in [2.45, 2.75) is 63.7 Å². The topological polar surface area (TPSA) is 62.2 Å². The van der Waals surface area contributed by atoms with Crippen LogP contribution in [-0.4, -0.2) is 22.6 Å². The first-order valence-corrected chi connectivity index (χ1v) is 11.9. The molecule has 3 heterocycles. The normalized spacial score (nSPS) is 13.8. The summed E-state index contributed by atoms with van der Waals surface area (Å²) in [5.41, 5.74) is 2.52. The number of nitrogens with zero attached hydrogens (tertiary/aromatic N) is 1. The third-order valence-electron chi connectivity index (χ3n) is 5.96. The van der Waals surface area contributed by atoms with Gasteiger partial charge in [0, 0.05) is 27.7 Å². The molecule has 1 aromatic carbocycles. The first kappa shape index (κ1) is 23.6. The van der Waals surface area contributed by atoms with Gasteiger partial charge in [0.2, 0.25) is 0 Å². The Labute approximate surface area is 194 Å². The molecule has 1 aliphatic heterocycles. The van der Waals surface area contributed by atoms with Crippen molar-refractivity contribution in [3.63, 3.8) is 0 Å². The van der Waals surface area contributed by atoms with Crippen LogP contribution in [0.5, 0.6) is 0 Å². The van der Waals surface area contributed by atoms with E-state index >= 15 is 0 Å². The third-order valence-corrected chi connectivity index (χ3v) is 7.23. The molecule has 0 radical (unpaired) electrons. The molecule has 166 valence electrons. The number of benzene rings is 1. The number of aryl methyl sites for hydroxylation is 2. The van der Waals surface area contributed by atoms with E-state index in [0.717, 1.165) is 50.9 Å². The molecule has 1 unspecified atom stereocenters. The van der Waals surface area contributed by atoms with E-state index in [9.17, 15) is 9.90 Å². The molecule has 6 heteroatoms. The van der Waals surface area contributed by atoms with Crippen molar-refractivity contribution in [3.05, 3.63) is 58.6 Å². The van der Waals surface area contributed by atoms with Crippen LogP contribution in [0.4, 0.5) is 5.82 Å². The highest BCUT2D eigenvalue weighted by Gasteiger charge is 2.18. The molecular formula is C25H31ClN2O2S. The summed E-state index contributed by atoms with van der Waals surface area (Å²) in [4.78, 5) is 17.4. The van der Waals surface area contributed by atoms with Crippen molar-refractivity contribution in [2.75, 3.05) is 11.9 Å². The lowest BCUT2D eigenvalue weighted by atomic mass is 9.95. The van der Waals surface area contributed by atoms with Crippen molar-refractivity contribution in [1.82, 2.24) is 4.98 Å². The number of unbranched alkanes of at least 4 members (excludes halogenated alkanes) is 3. The molecule has 1 aliphatic rings. The van der Waals surface area contributed by atoms with Gasteiger partial charge in [0.15, 0.2) is 0 Å². The van der Waals surface area contributed by atoms with Gasteiger partial charge in [-0.15, -0.1) is 23.7 Å². The van der Waals surface area contributed by atoms with Crippen molar-refractivity contribution in [3.8, 4) is 0 Å². The van der Waals surface area contributed by atoms with Crippen LogP contribution in [0.15, 0.2) is 42.5 Å². The van der Waals surface area contributed by atoms with Gasteiger partial charge in [-0.25, -0.2) is 4.98 Å². The van der Waals surface area contributed by atoms with E-state index < -0.39 is 5.97 Å². The van der Waals surface area contributed by atoms with Gasteiger partial charge in [-0.05, 0) is 61.3 Å². The maximum Gasteiger partial charge on any atom is 0.303 e. The number of thiophene rings is 1. The van der Waals surface area contributed by atoms with E-state index in [1.165, 1.54) is 39.1 Å². The number of nitrogens with one attached hydrogen (secondary N) is 1. The average molecular weight is 459 g/mol. The molecule has 0 saturated carbocycles. The molecule has 2 N–H and O–H groups in total. The molecule has 0 aliphatic carbocycles. The van der Waals surface area contributed by atoms with Crippen LogP contribution in [0, 0.1) is 0 Å². The Kier molecular flexibility index (Phi) is 8.73. The number of fused-ring (bicyclic) bond motifs is 2. The molecule has 0 spiro atoms. The van der Waals surface area contributed by atoms with Gasteiger partial charge in [0.1, 0.15) is 5.82 Å². The van der Waals surface area contributed by atoms with Gasteiger partial charge in [0.25, 0.3) is 0 Å². The molecular weight excluding hydrogens is 428 g/mol. The van der Waals surface area contributed by atoms with E-state index in [-0.39, 0.29) is 24.7 Å². The highest BCUT2D eigenvalue weighted by atomic mass is 35.5. The van der Waals surface area contributed by atoms with Crippen LogP contribution < -0.4 is 5.32 Å². The number of aromatic nitrogens is 1. The number of anilines is 1. The van der Waals surface area contributed by atoms with Crippen LogP contribution in [0.25, 0.3) is 10.1 Å². The highest BCUT2D eigenvalue weighted by Crippen LogP contribution is 2.35. The van der Waals surface area contributed by atoms with E-state index in [4.69, 9.17) is 4.98 Å². The van der Waals surface area contributed by atoms with Gasteiger partial charge in [0.05, 0.1) is 6.42 Å². The van der Waals surface area contributed by atoms with Gasteiger partial charge < -0.3 is 10.4 Å². The number of aliphatic carboxylic acids is 1. The van der Waals surface area contributed by atoms with Gasteiger partial charge in [-0.1, -0.05) is 43.5 Å². The summed E-state index contributed by atoms with van der Waals surface area (Å²) < 4.78 is 1.25. The fraction of sp³-hybridized carbons (Fsp3) is 0.440. The second kappa shape index (κ2) is 11.5. The zero-order chi connectivity index (χ0) is 20.8. The van der Waals surface area contributed by atoms with E-state index in [2.05, 4.69) is 35.6 Å². The number of hydrogen-bond donors (Lipinski definition) is 2. The summed E-state index contributed by atoms with van der Waals surface area (Å²) in [5, 5.41) is 14.0. The smallest absolute Gasteiger partial charge is 0.303 e. The van der Waals surface area contributed by atoms with Gasteiger partial charge in [-0.3, -0.25) is 4.79 Å². The Bertz CT molecular complexity index is 971. The fourth-order valence-electron chi connectivity index (χ4n) is 4.32. The second-order valence-corrected chi connectivity index (χ2v) is 9.39. The Morgan fingerprint density at radius 3 is 2.81 bits per heavy atom. The number of carboxylic acids is 1. The van der Waals surface area contributed by atoms with Gasteiger partial charge >= 0.3 is 5.97 Å². The monoisotopic (exact) mass is 458 g/mol. The highest BCUT2D eigenvalue weighted by molar-refractivity contribution is 7.19. The van der Waals surface area contributed by atoms with Gasteiger partial charge in [-0.2, -0.15) is 0 Å². The molecule has 0 saturated heterocycles. The lowest BCUT2D eigenvalue weighted by Gasteiger charge is -2.17. The number of rotatable bonds is 10. The maximum atomic E-state index is 11.4. The molecule has 4 rings (SSSR count). The number of carboxylic acid groups (broad SMARTS) is 1. The zero-order valence-corrected chi connectivity index (χ0v) is 19.4. The zero-order valence-electron chi connectivity index (χ0n) is 17.8. The van der Waals surface area contributed by atoms with Crippen LogP contribution in [-0.2, 0) is 17.6 Å². The van der Waals surface area contributed by atoms with E-state index in [1.54, 1.807) is 11.3 Å². The molecule has 2 aromatic heterocycles. The summed E-state index contributed by atoms with van der Waals surface area (Å²) in [7, 11) is 0. The molecule has 3 aromatic rings. The number of hydrogen-bond acceptors (Lipinski definition) is 4. The minimum Gasteiger partial charge on any atom is -0.481 e. The summed E-state index contributed by atoms with van der Waals surface area (Å²) in [6, 6.07) is 14.9. The SMILES string of the molecule is Cl.O=C(O)CC(CCCCCCc1ccc2c(n1)NCCC2)c1cc2ccccc2s1. The number of halogens is 1. The van der Waals surface area contributed by atoms with E-state index in [1.807, 2.05) is 12.1 Å².